The van der Waals surface area contributed by atoms with Crippen LogP contribution in [0.25, 0.3) is 17.1 Å². The quantitative estimate of drug-likeness (QED) is 0.492. The third kappa shape index (κ3) is 4.29. The molecule has 0 spiro atoms. The van der Waals surface area contributed by atoms with Crippen LogP contribution in [0, 0.1) is 0 Å². The smallest absolute Gasteiger partial charge is 0.293 e. The minimum Gasteiger partial charge on any atom is -0.333 e. The molecule has 0 radical (unpaired) electrons. The summed E-state index contributed by atoms with van der Waals surface area (Å²) in [5, 5.41) is 4.61. The largest absolute Gasteiger partial charge is 0.333 e. The van der Waals surface area contributed by atoms with E-state index in [1.165, 1.54) is 0 Å². The van der Waals surface area contributed by atoms with Gasteiger partial charge in [0, 0.05) is 44.5 Å². The molecule has 1 saturated heterocycles. The Morgan fingerprint density at radius 3 is 2.19 bits per heavy atom. The average molecular weight is 425 g/mol. The van der Waals surface area contributed by atoms with E-state index in [-0.39, 0.29) is 11.7 Å². The third-order valence-corrected chi connectivity index (χ3v) is 5.60. The third-order valence-electron chi connectivity index (χ3n) is 5.60. The zero-order valence-electron chi connectivity index (χ0n) is 17.7. The van der Waals surface area contributed by atoms with E-state index in [9.17, 15) is 4.79 Å². The number of carbonyl (C=O) groups is 1. The molecule has 0 N–H and O–H groups in total. The number of para-hydroxylation sites is 1. The lowest BCUT2D eigenvalue weighted by Crippen LogP contribution is -2.48. The molecule has 0 unspecified atom stereocenters. The van der Waals surface area contributed by atoms with E-state index in [1.807, 2.05) is 90.0 Å². The molecule has 7 heteroatoms. The van der Waals surface area contributed by atoms with Crippen LogP contribution < -0.4 is 0 Å². The molecule has 1 fully saturated rings. The second-order valence-electron chi connectivity index (χ2n) is 7.76. The van der Waals surface area contributed by atoms with Crippen molar-refractivity contribution >= 4 is 5.91 Å². The van der Waals surface area contributed by atoms with Crippen molar-refractivity contribution < 1.29 is 4.79 Å². The van der Waals surface area contributed by atoms with Gasteiger partial charge in [-0.2, -0.15) is 0 Å². The van der Waals surface area contributed by atoms with Gasteiger partial charge in [-0.1, -0.05) is 54.6 Å². The number of amides is 1. The van der Waals surface area contributed by atoms with Gasteiger partial charge < -0.3 is 4.90 Å². The molecule has 4 aromatic rings. The molecule has 0 bridgehead atoms. The molecule has 0 atom stereocenters. The van der Waals surface area contributed by atoms with Crippen LogP contribution in [0.4, 0.5) is 0 Å². The standard InChI is InChI=1S/C25H24N6O/c32-25(30-17-15-29(16-18-30)19-21-11-7-8-14-26-21)23-27-24(20-9-3-1-4-10-20)31(28-23)22-12-5-2-6-13-22/h1-14H,15-19H2. The fraction of sp³-hybridized carbons (Fsp3) is 0.200. The molecule has 160 valence electrons. The van der Waals surface area contributed by atoms with Crippen molar-refractivity contribution in [3.05, 3.63) is 96.6 Å². The normalized spacial score (nSPS) is 14.4. The first-order valence-electron chi connectivity index (χ1n) is 10.8. The van der Waals surface area contributed by atoms with Crippen LogP contribution in [0.2, 0.25) is 0 Å². The average Bonchev–Trinajstić information content (AvgIpc) is 3.31. The van der Waals surface area contributed by atoms with Crippen LogP contribution >= 0.6 is 0 Å². The second-order valence-corrected chi connectivity index (χ2v) is 7.76. The molecule has 2 aromatic heterocycles. The molecule has 0 aliphatic carbocycles. The summed E-state index contributed by atoms with van der Waals surface area (Å²) in [6.07, 6.45) is 1.81. The second kappa shape index (κ2) is 9.11. The molecular formula is C25H24N6O. The van der Waals surface area contributed by atoms with Gasteiger partial charge in [-0.3, -0.25) is 14.7 Å². The maximum Gasteiger partial charge on any atom is 0.293 e. The van der Waals surface area contributed by atoms with Crippen LogP contribution in [-0.2, 0) is 6.54 Å². The molecule has 7 nitrogen and oxygen atoms in total. The van der Waals surface area contributed by atoms with Gasteiger partial charge in [0.2, 0.25) is 5.82 Å². The molecule has 1 amide bonds. The Morgan fingerprint density at radius 2 is 1.50 bits per heavy atom. The van der Waals surface area contributed by atoms with E-state index in [1.54, 1.807) is 4.68 Å². The Labute approximate surface area is 187 Å². The number of piperazine rings is 1. The highest BCUT2D eigenvalue weighted by Gasteiger charge is 2.26. The van der Waals surface area contributed by atoms with E-state index in [0.29, 0.717) is 18.9 Å². The highest BCUT2D eigenvalue weighted by Crippen LogP contribution is 2.21. The summed E-state index contributed by atoms with van der Waals surface area (Å²) in [7, 11) is 0. The summed E-state index contributed by atoms with van der Waals surface area (Å²) >= 11 is 0. The first-order valence-corrected chi connectivity index (χ1v) is 10.8. The lowest BCUT2D eigenvalue weighted by Gasteiger charge is -2.33. The molecule has 3 heterocycles. The number of nitrogens with zero attached hydrogens (tertiary/aromatic N) is 6. The van der Waals surface area contributed by atoms with E-state index in [2.05, 4.69) is 20.0 Å². The molecule has 1 aliphatic heterocycles. The molecule has 1 aliphatic rings. The molecule has 5 rings (SSSR count). The molecule has 32 heavy (non-hydrogen) atoms. The van der Waals surface area contributed by atoms with Crippen LogP contribution in [0.5, 0.6) is 0 Å². The van der Waals surface area contributed by atoms with Crippen LogP contribution in [0.3, 0.4) is 0 Å². The maximum atomic E-state index is 13.2. The van der Waals surface area contributed by atoms with E-state index in [4.69, 9.17) is 0 Å². The van der Waals surface area contributed by atoms with Crippen LogP contribution in [0.1, 0.15) is 16.3 Å². The zero-order chi connectivity index (χ0) is 21.8. The summed E-state index contributed by atoms with van der Waals surface area (Å²) in [5.41, 5.74) is 2.84. The van der Waals surface area contributed by atoms with Gasteiger partial charge in [0.25, 0.3) is 5.91 Å². The van der Waals surface area contributed by atoms with Crippen molar-refractivity contribution in [2.45, 2.75) is 6.54 Å². The van der Waals surface area contributed by atoms with Crippen molar-refractivity contribution in [1.82, 2.24) is 29.5 Å². The van der Waals surface area contributed by atoms with Crippen molar-refractivity contribution in [1.29, 1.82) is 0 Å². The van der Waals surface area contributed by atoms with Gasteiger partial charge in [0.1, 0.15) is 0 Å². The summed E-state index contributed by atoms with van der Waals surface area (Å²) < 4.78 is 1.75. The molecule has 2 aromatic carbocycles. The molecular weight excluding hydrogens is 400 g/mol. The Balaban J connectivity index is 1.35. The number of aromatic nitrogens is 4. The zero-order valence-corrected chi connectivity index (χ0v) is 17.7. The van der Waals surface area contributed by atoms with Gasteiger partial charge in [0.05, 0.1) is 11.4 Å². The predicted octanol–water partition coefficient (Wildman–Crippen LogP) is 3.29. The van der Waals surface area contributed by atoms with E-state index < -0.39 is 0 Å². The van der Waals surface area contributed by atoms with Gasteiger partial charge in [0.15, 0.2) is 5.82 Å². The minimum atomic E-state index is -0.130. The number of carbonyl (C=O) groups excluding carboxylic acids is 1. The lowest BCUT2D eigenvalue weighted by atomic mass is 10.2. The van der Waals surface area contributed by atoms with Gasteiger partial charge in [-0.25, -0.2) is 9.67 Å². The van der Waals surface area contributed by atoms with E-state index >= 15 is 0 Å². The summed E-state index contributed by atoms with van der Waals surface area (Å²) in [6, 6.07) is 25.6. The van der Waals surface area contributed by atoms with Gasteiger partial charge in [-0.15, -0.1) is 5.10 Å². The van der Waals surface area contributed by atoms with Gasteiger partial charge in [-0.05, 0) is 24.3 Å². The number of rotatable bonds is 5. The van der Waals surface area contributed by atoms with Crippen LogP contribution in [0.15, 0.2) is 85.1 Å². The van der Waals surface area contributed by atoms with Crippen molar-refractivity contribution in [3.8, 4) is 17.1 Å². The minimum absolute atomic E-state index is 0.130. The lowest BCUT2D eigenvalue weighted by molar-refractivity contribution is 0.0615. The Hall–Kier alpha value is -3.84. The number of hydrogen-bond donors (Lipinski definition) is 0. The fourth-order valence-electron chi connectivity index (χ4n) is 3.90. The monoisotopic (exact) mass is 424 g/mol. The van der Waals surface area contributed by atoms with Crippen molar-refractivity contribution in [3.63, 3.8) is 0 Å². The number of pyridine rings is 1. The Kier molecular flexibility index (Phi) is 5.72. The Morgan fingerprint density at radius 1 is 0.812 bits per heavy atom. The van der Waals surface area contributed by atoms with Gasteiger partial charge >= 0.3 is 0 Å². The summed E-state index contributed by atoms with van der Waals surface area (Å²) in [6.45, 7) is 3.68. The van der Waals surface area contributed by atoms with Crippen molar-refractivity contribution in [2.24, 2.45) is 0 Å². The number of hydrogen-bond acceptors (Lipinski definition) is 5. The highest BCUT2D eigenvalue weighted by molar-refractivity contribution is 5.91. The first-order chi connectivity index (χ1) is 15.8. The molecule has 0 saturated carbocycles. The summed E-state index contributed by atoms with van der Waals surface area (Å²) in [4.78, 5) is 26.5. The highest BCUT2D eigenvalue weighted by atomic mass is 16.2. The summed E-state index contributed by atoms with van der Waals surface area (Å²) in [5.74, 6) is 0.758. The maximum absolute atomic E-state index is 13.2. The topological polar surface area (TPSA) is 67.2 Å². The SMILES string of the molecule is O=C(c1nc(-c2ccccc2)n(-c2ccccc2)n1)N1CCN(Cc2ccccn2)CC1. The van der Waals surface area contributed by atoms with Crippen molar-refractivity contribution in [2.75, 3.05) is 26.2 Å². The Bertz CT molecular complexity index is 1110. The number of benzene rings is 2. The van der Waals surface area contributed by atoms with Crippen LogP contribution in [-0.4, -0.2) is 61.6 Å². The first kappa shape index (κ1) is 20.1. The fourth-order valence-corrected chi connectivity index (χ4v) is 3.90. The van der Waals surface area contributed by atoms with E-state index in [0.717, 1.165) is 36.6 Å². The predicted molar refractivity (Wildman–Crippen MR) is 122 cm³/mol.